The lowest BCUT2D eigenvalue weighted by Crippen LogP contribution is -2.16. The Morgan fingerprint density at radius 3 is 2.41 bits per heavy atom. The predicted octanol–water partition coefficient (Wildman–Crippen LogP) is 7.37. The van der Waals surface area contributed by atoms with Crippen LogP contribution in [0, 0.1) is 13.8 Å². The molecule has 3 aromatic carbocycles. The third-order valence-electron chi connectivity index (χ3n) is 6.34. The van der Waals surface area contributed by atoms with Gasteiger partial charge >= 0.3 is 0 Å². The number of rotatable bonds is 4. The zero-order valence-corrected chi connectivity index (χ0v) is 20.9. The monoisotopic (exact) mass is 487 g/mol. The molecule has 1 N–H and O–H groups in total. The van der Waals surface area contributed by atoms with Crippen LogP contribution in [0.2, 0.25) is 5.02 Å². The van der Waals surface area contributed by atoms with Crippen molar-refractivity contribution in [1.29, 1.82) is 0 Å². The van der Waals surface area contributed by atoms with E-state index in [-0.39, 0.29) is 5.91 Å². The van der Waals surface area contributed by atoms with Gasteiger partial charge in [0.2, 0.25) is 5.91 Å². The summed E-state index contributed by atoms with van der Waals surface area (Å²) >= 11 is 7.57. The van der Waals surface area contributed by atoms with Crippen molar-refractivity contribution in [3.8, 4) is 0 Å². The molecule has 0 aromatic heterocycles. The number of aryl methyl sites for hydroxylation is 4. The standard InChI is InChI=1S/C28H26ClN3OS/c1-17-12-25-26(13-18(17)2)32-28(15-24(31-25)20-6-9-22(29)10-7-20)34-16-27(33)30-23-11-8-19-4-3-5-21(19)14-23/h6-14H,3-5,15-16H2,1-2H3,(H,30,33). The normalized spacial score (nSPS) is 14.6. The van der Waals surface area contributed by atoms with E-state index >= 15 is 0 Å². The summed E-state index contributed by atoms with van der Waals surface area (Å²) in [5, 5.41) is 4.62. The SMILES string of the molecule is Cc1cc2c(cc1C)N=C(c1ccc(Cl)cc1)CC(SCC(=O)Nc1ccc3c(c1)CCC3)=N2. The third kappa shape index (κ3) is 5.11. The molecule has 1 amide bonds. The van der Waals surface area contributed by atoms with Crippen molar-refractivity contribution in [3.05, 3.63) is 87.4 Å². The highest BCUT2D eigenvalue weighted by Crippen LogP contribution is 2.36. The summed E-state index contributed by atoms with van der Waals surface area (Å²) in [4.78, 5) is 22.6. The van der Waals surface area contributed by atoms with Crippen LogP contribution in [0.4, 0.5) is 17.1 Å². The number of carbonyl (C=O) groups excluding carboxylic acids is 1. The molecule has 1 heterocycles. The molecule has 5 rings (SSSR count). The molecule has 3 aromatic rings. The van der Waals surface area contributed by atoms with Crippen molar-refractivity contribution >= 4 is 57.1 Å². The van der Waals surface area contributed by atoms with Gasteiger partial charge in [-0.1, -0.05) is 29.8 Å². The van der Waals surface area contributed by atoms with E-state index in [9.17, 15) is 4.79 Å². The first-order chi connectivity index (χ1) is 16.4. The summed E-state index contributed by atoms with van der Waals surface area (Å²) in [7, 11) is 0. The molecule has 0 radical (unpaired) electrons. The van der Waals surface area contributed by atoms with Crippen LogP contribution in [0.1, 0.15) is 40.7 Å². The van der Waals surface area contributed by atoms with E-state index in [1.54, 1.807) is 0 Å². The van der Waals surface area contributed by atoms with Crippen LogP contribution in [0.25, 0.3) is 0 Å². The Bertz CT molecular complexity index is 1330. The lowest BCUT2D eigenvalue weighted by molar-refractivity contribution is -0.113. The van der Waals surface area contributed by atoms with Gasteiger partial charge in [-0.25, -0.2) is 4.99 Å². The molecule has 6 heteroatoms. The second-order valence-electron chi connectivity index (χ2n) is 8.85. The first kappa shape index (κ1) is 22.9. The number of hydrogen-bond donors (Lipinski definition) is 1. The molecule has 0 bridgehead atoms. The lowest BCUT2D eigenvalue weighted by Gasteiger charge is -2.09. The minimum atomic E-state index is -0.0276. The maximum atomic E-state index is 12.7. The molecule has 0 fully saturated rings. The average molecular weight is 488 g/mol. The number of amides is 1. The van der Waals surface area contributed by atoms with Crippen molar-refractivity contribution in [2.45, 2.75) is 39.5 Å². The van der Waals surface area contributed by atoms with Crippen LogP contribution < -0.4 is 5.32 Å². The molecule has 0 atom stereocenters. The Balaban J connectivity index is 1.36. The van der Waals surface area contributed by atoms with Gasteiger partial charge < -0.3 is 5.32 Å². The number of hydrogen-bond acceptors (Lipinski definition) is 4. The molecule has 0 saturated carbocycles. The van der Waals surface area contributed by atoms with Gasteiger partial charge in [-0.2, -0.15) is 0 Å². The molecular weight excluding hydrogens is 462 g/mol. The second kappa shape index (κ2) is 9.77. The van der Waals surface area contributed by atoms with E-state index in [1.165, 1.54) is 40.4 Å². The van der Waals surface area contributed by atoms with Gasteiger partial charge in [-0.3, -0.25) is 9.79 Å². The molecule has 1 aliphatic heterocycles. The second-order valence-corrected chi connectivity index (χ2v) is 10.3. The third-order valence-corrected chi connectivity index (χ3v) is 7.57. The van der Waals surface area contributed by atoms with Gasteiger partial charge in [0.1, 0.15) is 0 Å². The summed E-state index contributed by atoms with van der Waals surface area (Å²) in [6.07, 6.45) is 3.98. The van der Waals surface area contributed by atoms with E-state index in [2.05, 4.69) is 43.4 Å². The Kier molecular flexibility index (Phi) is 6.57. The highest BCUT2D eigenvalue weighted by molar-refractivity contribution is 8.14. The zero-order valence-electron chi connectivity index (χ0n) is 19.3. The maximum absolute atomic E-state index is 12.7. The van der Waals surface area contributed by atoms with Crippen LogP contribution in [0.3, 0.4) is 0 Å². The summed E-state index contributed by atoms with van der Waals surface area (Å²) in [6, 6.07) is 18.1. The minimum absolute atomic E-state index is 0.0276. The molecule has 0 spiro atoms. The van der Waals surface area contributed by atoms with Crippen molar-refractivity contribution in [1.82, 2.24) is 0 Å². The molecular formula is C28H26ClN3OS. The smallest absolute Gasteiger partial charge is 0.234 e. The van der Waals surface area contributed by atoms with E-state index < -0.39 is 0 Å². The molecule has 4 nitrogen and oxygen atoms in total. The lowest BCUT2D eigenvalue weighted by atomic mass is 10.1. The number of thioether (sulfide) groups is 1. The number of nitrogens with one attached hydrogen (secondary N) is 1. The summed E-state index contributed by atoms with van der Waals surface area (Å²) in [6.45, 7) is 4.16. The number of carbonyl (C=O) groups is 1. The first-order valence-corrected chi connectivity index (χ1v) is 12.9. The molecule has 34 heavy (non-hydrogen) atoms. The van der Waals surface area contributed by atoms with Gasteiger partial charge in [-0.15, -0.1) is 11.8 Å². The fourth-order valence-corrected chi connectivity index (χ4v) is 5.25. The van der Waals surface area contributed by atoms with Gasteiger partial charge in [0.05, 0.1) is 27.9 Å². The van der Waals surface area contributed by atoms with E-state index in [4.69, 9.17) is 21.6 Å². The predicted molar refractivity (Wildman–Crippen MR) is 145 cm³/mol. The van der Waals surface area contributed by atoms with Crippen LogP contribution in [0.15, 0.2) is 64.6 Å². The van der Waals surface area contributed by atoms with E-state index in [1.807, 2.05) is 30.3 Å². The Labute approximate surface area is 209 Å². The minimum Gasteiger partial charge on any atom is -0.325 e. The number of aliphatic imine (C=N–C) groups is 2. The molecule has 2 aliphatic rings. The van der Waals surface area contributed by atoms with Crippen LogP contribution in [-0.2, 0) is 17.6 Å². The van der Waals surface area contributed by atoms with Gasteiger partial charge in [0.25, 0.3) is 0 Å². The highest BCUT2D eigenvalue weighted by Gasteiger charge is 2.18. The highest BCUT2D eigenvalue weighted by atomic mass is 35.5. The van der Waals surface area contributed by atoms with E-state index in [0.717, 1.165) is 46.2 Å². The maximum Gasteiger partial charge on any atom is 0.234 e. The number of halogens is 1. The Morgan fingerprint density at radius 1 is 0.941 bits per heavy atom. The van der Waals surface area contributed by atoms with Crippen molar-refractivity contribution in [3.63, 3.8) is 0 Å². The fourth-order valence-electron chi connectivity index (χ4n) is 4.35. The van der Waals surface area contributed by atoms with Crippen molar-refractivity contribution in [2.24, 2.45) is 9.98 Å². The van der Waals surface area contributed by atoms with E-state index in [0.29, 0.717) is 17.2 Å². The summed E-state index contributed by atoms with van der Waals surface area (Å²) in [5.41, 5.74) is 9.59. The van der Waals surface area contributed by atoms with Gasteiger partial charge in [-0.05, 0) is 97.3 Å². The van der Waals surface area contributed by atoms with Crippen molar-refractivity contribution in [2.75, 3.05) is 11.1 Å². The fraction of sp³-hybridized carbons (Fsp3) is 0.250. The zero-order chi connectivity index (χ0) is 23.7. The van der Waals surface area contributed by atoms with Crippen LogP contribution in [-0.4, -0.2) is 22.4 Å². The van der Waals surface area contributed by atoms with Crippen molar-refractivity contribution < 1.29 is 4.79 Å². The summed E-state index contributed by atoms with van der Waals surface area (Å²) < 4.78 is 0. The number of benzene rings is 3. The van der Waals surface area contributed by atoms with Gasteiger partial charge in [0, 0.05) is 17.1 Å². The molecule has 0 saturated heterocycles. The Hall–Kier alpha value is -2.89. The largest absolute Gasteiger partial charge is 0.325 e. The molecule has 1 aliphatic carbocycles. The first-order valence-electron chi connectivity index (χ1n) is 11.5. The number of nitrogens with zero attached hydrogens (tertiary/aromatic N) is 2. The van der Waals surface area contributed by atoms with Crippen LogP contribution in [0.5, 0.6) is 0 Å². The van der Waals surface area contributed by atoms with Gasteiger partial charge in [0.15, 0.2) is 0 Å². The summed E-state index contributed by atoms with van der Waals surface area (Å²) in [5.74, 6) is 0.268. The number of fused-ring (bicyclic) bond motifs is 2. The quantitative estimate of drug-likeness (QED) is 0.417. The average Bonchev–Trinajstić information content (AvgIpc) is 3.21. The topological polar surface area (TPSA) is 53.8 Å². The number of anilines is 1. The van der Waals surface area contributed by atoms with Crippen LogP contribution >= 0.6 is 23.4 Å². The molecule has 172 valence electrons. The molecule has 0 unspecified atom stereocenters. The Morgan fingerprint density at radius 2 is 1.65 bits per heavy atom.